The van der Waals surface area contributed by atoms with E-state index in [4.69, 9.17) is 4.74 Å². The maximum atomic E-state index is 13.5. The summed E-state index contributed by atoms with van der Waals surface area (Å²) in [5, 5.41) is 5.44. The van der Waals surface area contributed by atoms with Gasteiger partial charge in [0, 0.05) is 38.7 Å². The van der Waals surface area contributed by atoms with Crippen molar-refractivity contribution in [3.63, 3.8) is 0 Å². The smallest absolute Gasteiger partial charge is 0.247 e. The Kier molecular flexibility index (Phi) is 9.75. The van der Waals surface area contributed by atoms with Crippen molar-refractivity contribution in [2.24, 2.45) is 0 Å². The molecule has 1 heterocycles. The standard InChI is InChI=1S/C23H29FN4O4/c1-16(2)26-23(31)22(17-7-9-18(24)10-8-17)28(14-15-32-3)21(30)12-11-20(29)27-19-6-4-5-13-25-19/h4-10,13,16,22H,11-12,14-15H2,1-3H3,(H,26,31)(H,25,27,29). The zero-order chi connectivity index (χ0) is 23.5. The van der Waals surface area contributed by atoms with Crippen LogP contribution in [0.4, 0.5) is 10.2 Å². The summed E-state index contributed by atoms with van der Waals surface area (Å²) >= 11 is 0. The number of aromatic nitrogens is 1. The fourth-order valence-electron chi connectivity index (χ4n) is 3.07. The first-order valence-corrected chi connectivity index (χ1v) is 10.4. The summed E-state index contributed by atoms with van der Waals surface area (Å²) in [4.78, 5) is 43.7. The molecule has 0 aliphatic rings. The summed E-state index contributed by atoms with van der Waals surface area (Å²) in [6.45, 7) is 3.94. The van der Waals surface area contributed by atoms with Gasteiger partial charge < -0.3 is 20.3 Å². The molecule has 1 aromatic heterocycles. The monoisotopic (exact) mass is 444 g/mol. The summed E-state index contributed by atoms with van der Waals surface area (Å²) in [6, 6.07) is 9.39. The van der Waals surface area contributed by atoms with Gasteiger partial charge in [-0.05, 0) is 43.7 Å². The van der Waals surface area contributed by atoms with Crippen molar-refractivity contribution in [2.75, 3.05) is 25.6 Å². The summed E-state index contributed by atoms with van der Waals surface area (Å²) in [5.74, 6) is -1.21. The quantitative estimate of drug-likeness (QED) is 0.555. The number of methoxy groups -OCH3 is 1. The third-order valence-electron chi connectivity index (χ3n) is 4.53. The number of hydrogen-bond donors (Lipinski definition) is 2. The molecule has 0 radical (unpaired) electrons. The van der Waals surface area contributed by atoms with Crippen LogP contribution in [-0.2, 0) is 19.1 Å². The summed E-state index contributed by atoms with van der Waals surface area (Å²) < 4.78 is 18.6. The molecule has 172 valence electrons. The van der Waals surface area contributed by atoms with Gasteiger partial charge in [-0.15, -0.1) is 0 Å². The predicted molar refractivity (Wildman–Crippen MR) is 118 cm³/mol. The van der Waals surface area contributed by atoms with E-state index in [1.807, 2.05) is 13.8 Å². The summed E-state index contributed by atoms with van der Waals surface area (Å²) in [7, 11) is 1.49. The van der Waals surface area contributed by atoms with Gasteiger partial charge in [0.2, 0.25) is 17.7 Å². The zero-order valence-electron chi connectivity index (χ0n) is 18.5. The van der Waals surface area contributed by atoms with E-state index in [0.29, 0.717) is 11.4 Å². The highest BCUT2D eigenvalue weighted by Gasteiger charge is 2.31. The largest absolute Gasteiger partial charge is 0.383 e. The molecular weight excluding hydrogens is 415 g/mol. The minimum Gasteiger partial charge on any atom is -0.383 e. The fourth-order valence-corrected chi connectivity index (χ4v) is 3.07. The molecule has 3 amide bonds. The van der Waals surface area contributed by atoms with Crippen molar-refractivity contribution >= 4 is 23.5 Å². The van der Waals surface area contributed by atoms with Crippen LogP contribution in [0.1, 0.15) is 38.3 Å². The zero-order valence-corrected chi connectivity index (χ0v) is 18.5. The fraction of sp³-hybridized carbons (Fsp3) is 0.391. The van der Waals surface area contributed by atoms with Gasteiger partial charge in [-0.3, -0.25) is 14.4 Å². The molecule has 2 N–H and O–H groups in total. The van der Waals surface area contributed by atoms with E-state index in [9.17, 15) is 18.8 Å². The van der Waals surface area contributed by atoms with E-state index < -0.39 is 23.7 Å². The Morgan fingerprint density at radius 2 is 1.81 bits per heavy atom. The van der Waals surface area contributed by atoms with Crippen LogP contribution < -0.4 is 10.6 Å². The Bertz CT molecular complexity index is 891. The second-order valence-electron chi connectivity index (χ2n) is 7.46. The maximum Gasteiger partial charge on any atom is 0.247 e. The van der Waals surface area contributed by atoms with Crippen molar-refractivity contribution < 1.29 is 23.5 Å². The van der Waals surface area contributed by atoms with Crippen LogP contribution >= 0.6 is 0 Å². The highest BCUT2D eigenvalue weighted by molar-refractivity contribution is 5.94. The molecule has 1 atom stereocenters. The number of pyridine rings is 1. The molecule has 1 unspecified atom stereocenters. The molecule has 0 saturated heterocycles. The van der Waals surface area contributed by atoms with Crippen LogP contribution in [0, 0.1) is 5.82 Å². The molecule has 8 nitrogen and oxygen atoms in total. The molecule has 0 fully saturated rings. The van der Waals surface area contributed by atoms with Crippen molar-refractivity contribution in [3.05, 3.63) is 60.0 Å². The molecular formula is C23H29FN4O4. The lowest BCUT2D eigenvalue weighted by molar-refractivity contribution is -0.142. The second-order valence-corrected chi connectivity index (χ2v) is 7.46. The first-order chi connectivity index (χ1) is 15.3. The number of carbonyl (C=O) groups excluding carboxylic acids is 3. The molecule has 0 spiro atoms. The number of anilines is 1. The SMILES string of the molecule is COCCN(C(=O)CCC(=O)Nc1ccccn1)C(C(=O)NC(C)C)c1ccc(F)cc1. The summed E-state index contributed by atoms with van der Waals surface area (Å²) in [5.41, 5.74) is 0.465. The van der Waals surface area contributed by atoms with E-state index >= 15 is 0 Å². The third kappa shape index (κ3) is 7.73. The highest BCUT2D eigenvalue weighted by atomic mass is 19.1. The minimum absolute atomic E-state index is 0.0825. The van der Waals surface area contributed by atoms with Crippen LogP contribution in [0.15, 0.2) is 48.7 Å². The third-order valence-corrected chi connectivity index (χ3v) is 4.53. The molecule has 0 bridgehead atoms. The van der Waals surface area contributed by atoms with E-state index in [1.54, 1.807) is 24.4 Å². The Balaban J connectivity index is 2.19. The molecule has 2 rings (SSSR count). The second kappa shape index (κ2) is 12.5. The lowest BCUT2D eigenvalue weighted by atomic mass is 10.0. The molecule has 0 aliphatic carbocycles. The summed E-state index contributed by atoms with van der Waals surface area (Å²) in [6.07, 6.45) is 1.35. The van der Waals surface area contributed by atoms with Crippen LogP contribution in [-0.4, -0.2) is 53.9 Å². The van der Waals surface area contributed by atoms with Gasteiger partial charge >= 0.3 is 0 Å². The van der Waals surface area contributed by atoms with Crippen molar-refractivity contribution in [2.45, 2.75) is 38.8 Å². The number of carbonyl (C=O) groups is 3. The number of halogens is 1. The van der Waals surface area contributed by atoms with Crippen LogP contribution in [0.2, 0.25) is 0 Å². The van der Waals surface area contributed by atoms with Gasteiger partial charge in [-0.1, -0.05) is 18.2 Å². The maximum absolute atomic E-state index is 13.5. The lowest BCUT2D eigenvalue weighted by Gasteiger charge is -2.32. The number of hydrogen-bond acceptors (Lipinski definition) is 5. The van der Waals surface area contributed by atoms with Crippen molar-refractivity contribution in [1.29, 1.82) is 0 Å². The average molecular weight is 445 g/mol. The Morgan fingerprint density at radius 1 is 1.09 bits per heavy atom. The minimum atomic E-state index is -0.987. The highest BCUT2D eigenvalue weighted by Crippen LogP contribution is 2.23. The first-order valence-electron chi connectivity index (χ1n) is 10.4. The van der Waals surface area contributed by atoms with Gasteiger partial charge in [0.05, 0.1) is 6.61 Å². The topological polar surface area (TPSA) is 101 Å². The van der Waals surface area contributed by atoms with Gasteiger partial charge in [-0.25, -0.2) is 9.37 Å². The number of nitrogens with one attached hydrogen (secondary N) is 2. The predicted octanol–water partition coefficient (Wildman–Crippen LogP) is 2.68. The Morgan fingerprint density at radius 3 is 2.41 bits per heavy atom. The Hall–Kier alpha value is -3.33. The molecule has 2 aromatic rings. The van der Waals surface area contributed by atoms with Crippen LogP contribution in [0.25, 0.3) is 0 Å². The molecule has 9 heteroatoms. The van der Waals surface area contributed by atoms with Gasteiger partial charge in [0.1, 0.15) is 17.7 Å². The van der Waals surface area contributed by atoms with Crippen molar-refractivity contribution in [1.82, 2.24) is 15.2 Å². The number of ether oxygens (including phenoxy) is 1. The van der Waals surface area contributed by atoms with Crippen LogP contribution in [0.3, 0.4) is 0 Å². The number of benzene rings is 1. The van der Waals surface area contributed by atoms with E-state index in [-0.39, 0.29) is 37.9 Å². The molecule has 0 saturated carbocycles. The first kappa shape index (κ1) is 24.9. The van der Waals surface area contributed by atoms with E-state index in [1.165, 1.54) is 36.3 Å². The van der Waals surface area contributed by atoms with Gasteiger partial charge in [0.15, 0.2) is 0 Å². The number of rotatable bonds is 11. The lowest BCUT2D eigenvalue weighted by Crippen LogP contribution is -2.46. The van der Waals surface area contributed by atoms with Gasteiger partial charge in [0.25, 0.3) is 0 Å². The van der Waals surface area contributed by atoms with Gasteiger partial charge in [-0.2, -0.15) is 0 Å². The average Bonchev–Trinajstić information content (AvgIpc) is 2.76. The van der Waals surface area contributed by atoms with Crippen molar-refractivity contribution in [3.8, 4) is 0 Å². The van der Waals surface area contributed by atoms with E-state index in [2.05, 4.69) is 15.6 Å². The van der Waals surface area contributed by atoms with Crippen LogP contribution in [0.5, 0.6) is 0 Å². The molecule has 0 aliphatic heterocycles. The molecule has 1 aromatic carbocycles. The number of nitrogens with zero attached hydrogens (tertiary/aromatic N) is 2. The number of amides is 3. The molecule has 32 heavy (non-hydrogen) atoms. The Labute approximate surface area is 187 Å². The van der Waals surface area contributed by atoms with E-state index in [0.717, 1.165) is 0 Å². The normalized spacial score (nSPS) is 11.7.